The standard InChI is InChI=1S/C13H19N3OS/c1-15-12(17)11-10(14)9(8-4-5-8)13(18-11)16-6-7-2-3-7/h7-8,16H,2-6,14H2,1H3,(H,15,17). The largest absolute Gasteiger partial charge is 0.397 e. The maximum atomic E-state index is 11.8. The van der Waals surface area contributed by atoms with E-state index in [-0.39, 0.29) is 5.91 Å². The molecule has 0 saturated heterocycles. The fourth-order valence-corrected chi connectivity index (χ4v) is 3.37. The van der Waals surface area contributed by atoms with Gasteiger partial charge in [-0.3, -0.25) is 4.79 Å². The molecular weight excluding hydrogens is 246 g/mol. The number of hydrogen-bond donors (Lipinski definition) is 3. The van der Waals surface area contributed by atoms with E-state index in [2.05, 4.69) is 10.6 Å². The van der Waals surface area contributed by atoms with Crippen molar-refractivity contribution in [2.24, 2.45) is 5.92 Å². The topological polar surface area (TPSA) is 67.2 Å². The first kappa shape index (κ1) is 11.8. The van der Waals surface area contributed by atoms with Crippen LogP contribution in [0.3, 0.4) is 0 Å². The quantitative estimate of drug-likeness (QED) is 0.765. The number of carbonyl (C=O) groups is 1. The highest BCUT2D eigenvalue weighted by molar-refractivity contribution is 7.18. The van der Waals surface area contributed by atoms with Gasteiger partial charge in [-0.2, -0.15) is 0 Å². The fourth-order valence-electron chi connectivity index (χ4n) is 2.21. The average molecular weight is 265 g/mol. The van der Waals surface area contributed by atoms with Gasteiger partial charge in [-0.05, 0) is 37.5 Å². The van der Waals surface area contributed by atoms with Crippen LogP contribution < -0.4 is 16.4 Å². The van der Waals surface area contributed by atoms with E-state index in [1.54, 1.807) is 7.05 Å². The lowest BCUT2D eigenvalue weighted by molar-refractivity contribution is 0.0968. The molecule has 18 heavy (non-hydrogen) atoms. The van der Waals surface area contributed by atoms with Gasteiger partial charge in [0.25, 0.3) is 5.91 Å². The van der Waals surface area contributed by atoms with Crippen LogP contribution in [0.15, 0.2) is 0 Å². The van der Waals surface area contributed by atoms with E-state index in [1.807, 2.05) is 0 Å². The molecule has 4 nitrogen and oxygen atoms in total. The van der Waals surface area contributed by atoms with Gasteiger partial charge in [0.1, 0.15) is 4.88 Å². The van der Waals surface area contributed by atoms with Crippen LogP contribution in [0.1, 0.15) is 46.8 Å². The van der Waals surface area contributed by atoms with Gasteiger partial charge in [0.2, 0.25) is 0 Å². The molecule has 0 aromatic carbocycles. The van der Waals surface area contributed by atoms with Gasteiger partial charge in [-0.25, -0.2) is 0 Å². The molecule has 2 aliphatic carbocycles. The Balaban J connectivity index is 1.86. The molecule has 98 valence electrons. The Morgan fingerprint density at radius 3 is 2.67 bits per heavy atom. The number of anilines is 2. The van der Waals surface area contributed by atoms with Gasteiger partial charge < -0.3 is 16.4 Å². The average Bonchev–Trinajstić information content (AvgIpc) is 3.25. The van der Waals surface area contributed by atoms with Crippen LogP contribution >= 0.6 is 11.3 Å². The highest BCUT2D eigenvalue weighted by Gasteiger charge is 2.33. The first-order chi connectivity index (χ1) is 8.70. The molecule has 0 spiro atoms. The van der Waals surface area contributed by atoms with Crippen molar-refractivity contribution in [1.29, 1.82) is 0 Å². The van der Waals surface area contributed by atoms with Gasteiger partial charge in [0, 0.05) is 19.2 Å². The first-order valence-electron chi connectivity index (χ1n) is 6.58. The van der Waals surface area contributed by atoms with E-state index in [4.69, 9.17) is 5.73 Å². The summed E-state index contributed by atoms with van der Waals surface area (Å²) in [5.74, 6) is 1.32. The van der Waals surface area contributed by atoms with Crippen LogP contribution in [0.2, 0.25) is 0 Å². The predicted octanol–water partition coefficient (Wildman–Crippen LogP) is 2.39. The molecule has 0 bridgehead atoms. The molecule has 1 aromatic rings. The summed E-state index contributed by atoms with van der Waals surface area (Å²) in [5, 5.41) is 7.28. The second kappa shape index (κ2) is 4.46. The maximum absolute atomic E-state index is 11.8. The van der Waals surface area contributed by atoms with E-state index in [0.29, 0.717) is 16.5 Å². The molecule has 3 rings (SSSR count). The molecule has 1 aromatic heterocycles. The molecule has 2 fully saturated rings. The number of rotatable bonds is 5. The lowest BCUT2D eigenvalue weighted by Gasteiger charge is -2.06. The Morgan fingerprint density at radius 2 is 2.11 bits per heavy atom. The highest BCUT2D eigenvalue weighted by atomic mass is 32.1. The molecule has 0 radical (unpaired) electrons. The van der Waals surface area contributed by atoms with Crippen LogP contribution in [0.5, 0.6) is 0 Å². The van der Waals surface area contributed by atoms with Crippen molar-refractivity contribution in [2.45, 2.75) is 31.6 Å². The Kier molecular flexibility index (Phi) is 2.93. The summed E-state index contributed by atoms with van der Waals surface area (Å²) >= 11 is 1.51. The van der Waals surface area contributed by atoms with E-state index in [1.165, 1.54) is 42.6 Å². The SMILES string of the molecule is CNC(=O)c1sc(NCC2CC2)c(C2CC2)c1N. The van der Waals surface area contributed by atoms with Crippen molar-refractivity contribution >= 4 is 27.9 Å². The van der Waals surface area contributed by atoms with Gasteiger partial charge in [-0.1, -0.05) is 0 Å². The molecule has 4 N–H and O–H groups in total. The molecule has 0 atom stereocenters. The normalized spacial score (nSPS) is 18.7. The van der Waals surface area contributed by atoms with Crippen molar-refractivity contribution in [3.05, 3.63) is 10.4 Å². The zero-order chi connectivity index (χ0) is 12.7. The fraction of sp³-hybridized carbons (Fsp3) is 0.615. The van der Waals surface area contributed by atoms with Crippen LogP contribution in [0, 0.1) is 5.92 Å². The highest BCUT2D eigenvalue weighted by Crippen LogP contribution is 2.51. The van der Waals surface area contributed by atoms with Crippen molar-refractivity contribution < 1.29 is 4.79 Å². The number of nitrogens with one attached hydrogen (secondary N) is 2. The molecule has 0 unspecified atom stereocenters. The summed E-state index contributed by atoms with van der Waals surface area (Å²) in [6.07, 6.45) is 5.06. The summed E-state index contributed by atoms with van der Waals surface area (Å²) in [6.45, 7) is 1.02. The molecule has 2 aliphatic rings. The Hall–Kier alpha value is -1.23. The second-order valence-corrected chi connectivity index (χ2v) is 6.29. The minimum absolute atomic E-state index is 0.0705. The smallest absolute Gasteiger partial charge is 0.263 e. The summed E-state index contributed by atoms with van der Waals surface area (Å²) < 4.78 is 0. The number of hydrogen-bond acceptors (Lipinski definition) is 4. The van der Waals surface area contributed by atoms with Crippen molar-refractivity contribution in [3.8, 4) is 0 Å². The van der Waals surface area contributed by atoms with Gasteiger partial charge in [-0.15, -0.1) is 11.3 Å². The molecule has 1 heterocycles. The third kappa shape index (κ3) is 2.19. The number of nitrogen functional groups attached to an aromatic ring is 1. The van der Waals surface area contributed by atoms with E-state index < -0.39 is 0 Å². The van der Waals surface area contributed by atoms with Crippen molar-refractivity contribution in [3.63, 3.8) is 0 Å². The minimum atomic E-state index is -0.0705. The number of nitrogens with two attached hydrogens (primary N) is 1. The van der Waals surface area contributed by atoms with E-state index >= 15 is 0 Å². The number of carbonyl (C=O) groups excluding carboxylic acids is 1. The zero-order valence-corrected chi connectivity index (χ0v) is 11.4. The number of amides is 1. The molecular formula is C13H19N3OS. The summed E-state index contributed by atoms with van der Waals surface area (Å²) in [4.78, 5) is 12.4. The summed E-state index contributed by atoms with van der Waals surface area (Å²) in [6, 6.07) is 0. The molecule has 0 aliphatic heterocycles. The summed E-state index contributed by atoms with van der Waals surface area (Å²) in [5.41, 5.74) is 8.04. The maximum Gasteiger partial charge on any atom is 0.263 e. The van der Waals surface area contributed by atoms with Crippen LogP contribution in [-0.4, -0.2) is 19.5 Å². The van der Waals surface area contributed by atoms with Gasteiger partial charge in [0.15, 0.2) is 0 Å². The molecule has 5 heteroatoms. The van der Waals surface area contributed by atoms with Crippen LogP contribution in [0.4, 0.5) is 10.7 Å². The number of thiophene rings is 1. The molecule has 1 amide bonds. The summed E-state index contributed by atoms with van der Waals surface area (Å²) in [7, 11) is 1.65. The monoisotopic (exact) mass is 265 g/mol. The molecule has 2 saturated carbocycles. The van der Waals surface area contributed by atoms with Gasteiger partial charge >= 0.3 is 0 Å². The zero-order valence-electron chi connectivity index (χ0n) is 10.6. The lowest BCUT2D eigenvalue weighted by Crippen LogP contribution is -2.17. The first-order valence-corrected chi connectivity index (χ1v) is 7.40. The Bertz CT molecular complexity index is 475. The minimum Gasteiger partial charge on any atom is -0.397 e. The van der Waals surface area contributed by atoms with E-state index in [9.17, 15) is 4.79 Å². The van der Waals surface area contributed by atoms with Crippen molar-refractivity contribution in [2.75, 3.05) is 24.6 Å². The van der Waals surface area contributed by atoms with Crippen LogP contribution in [-0.2, 0) is 0 Å². The Labute approximate surface area is 111 Å². The van der Waals surface area contributed by atoms with E-state index in [0.717, 1.165) is 17.5 Å². The second-order valence-electron chi connectivity index (χ2n) is 5.27. The Morgan fingerprint density at radius 1 is 1.39 bits per heavy atom. The van der Waals surface area contributed by atoms with Gasteiger partial charge in [0.05, 0.1) is 10.7 Å². The third-order valence-electron chi connectivity index (χ3n) is 3.65. The van der Waals surface area contributed by atoms with Crippen molar-refractivity contribution in [1.82, 2.24) is 5.32 Å². The van der Waals surface area contributed by atoms with Crippen LogP contribution in [0.25, 0.3) is 0 Å². The predicted molar refractivity (Wildman–Crippen MR) is 75.3 cm³/mol. The third-order valence-corrected chi connectivity index (χ3v) is 4.83. The lowest BCUT2D eigenvalue weighted by atomic mass is 10.1.